The predicted octanol–water partition coefficient (Wildman–Crippen LogP) is 3.37. The van der Waals surface area contributed by atoms with Crippen LogP contribution >= 0.6 is 11.6 Å². The van der Waals surface area contributed by atoms with Gasteiger partial charge in [-0.15, -0.1) is 0 Å². The van der Waals surface area contributed by atoms with Crippen LogP contribution in [0.1, 0.15) is 32.8 Å². The molecule has 0 spiro atoms. The molecule has 0 saturated carbocycles. The maximum Gasteiger partial charge on any atom is 0.414 e. The zero-order valence-corrected chi connectivity index (χ0v) is 16.0. The number of likely N-dealkylation sites (tertiary alicyclic amines) is 1. The van der Waals surface area contributed by atoms with Gasteiger partial charge in [-0.1, -0.05) is 23.7 Å². The Kier molecular flexibility index (Phi) is 5.64. The second-order valence-corrected chi connectivity index (χ2v) is 8.20. The van der Waals surface area contributed by atoms with Crippen molar-refractivity contribution in [1.29, 1.82) is 0 Å². The van der Waals surface area contributed by atoms with Crippen LogP contribution in [-0.4, -0.2) is 53.3 Å². The quantitative estimate of drug-likeness (QED) is 0.831. The maximum absolute atomic E-state index is 12.3. The van der Waals surface area contributed by atoms with E-state index in [-0.39, 0.29) is 16.6 Å². The Balaban J connectivity index is 2.11. The summed E-state index contributed by atoms with van der Waals surface area (Å²) in [6.07, 6.45) is 0.351. The molecule has 1 aliphatic rings. The number of halogens is 1. The molecule has 1 aromatic carbocycles. The number of likely N-dealkylation sites (N-methyl/N-ethyl adjacent to an activating group) is 1. The molecule has 1 aliphatic heterocycles. The Labute approximate surface area is 154 Å². The van der Waals surface area contributed by atoms with E-state index >= 15 is 0 Å². The van der Waals surface area contributed by atoms with Crippen molar-refractivity contribution in [3.8, 4) is 0 Å². The highest BCUT2D eigenvalue weighted by atomic mass is 35.5. The fraction of sp³-hybridized carbons (Fsp3) is 0.556. The first-order valence-corrected chi connectivity index (χ1v) is 8.76. The number of nitrogens with two attached hydrogens (primary N) is 1. The number of hydrogen-bond acceptors (Lipinski definition) is 3. The normalized spacial score (nSPS) is 20.2. The lowest BCUT2D eigenvalue weighted by molar-refractivity contribution is -0.866. The zero-order valence-electron chi connectivity index (χ0n) is 15.3. The third kappa shape index (κ3) is 4.86. The molecule has 0 aromatic heterocycles. The van der Waals surface area contributed by atoms with Crippen LogP contribution in [-0.2, 0) is 11.3 Å². The van der Waals surface area contributed by atoms with Crippen molar-refractivity contribution in [3.63, 3.8) is 0 Å². The molecule has 2 rings (SSSR count). The van der Waals surface area contributed by atoms with Crippen molar-refractivity contribution in [2.24, 2.45) is 5.73 Å². The van der Waals surface area contributed by atoms with E-state index in [9.17, 15) is 9.59 Å². The zero-order chi connectivity index (χ0) is 18.8. The van der Waals surface area contributed by atoms with E-state index in [0.717, 1.165) is 5.56 Å². The Morgan fingerprint density at radius 2 is 1.92 bits per heavy atom. The van der Waals surface area contributed by atoms with Gasteiger partial charge in [-0.05, 0) is 32.9 Å². The van der Waals surface area contributed by atoms with E-state index in [1.54, 1.807) is 17.0 Å². The average Bonchev–Trinajstić information content (AvgIpc) is 2.98. The molecule has 0 aliphatic carbocycles. The van der Waals surface area contributed by atoms with E-state index in [1.807, 2.05) is 40.0 Å². The van der Waals surface area contributed by atoms with Gasteiger partial charge in [-0.3, -0.25) is 0 Å². The summed E-state index contributed by atoms with van der Waals surface area (Å²) in [6.45, 7) is 6.97. The molecule has 25 heavy (non-hydrogen) atoms. The van der Waals surface area contributed by atoms with Gasteiger partial charge in [0.25, 0.3) is 0 Å². The van der Waals surface area contributed by atoms with Crippen LogP contribution in [0.2, 0.25) is 5.02 Å². The Bertz CT molecular complexity index is 642. The van der Waals surface area contributed by atoms with Crippen molar-refractivity contribution in [2.75, 3.05) is 20.1 Å². The molecule has 2 unspecified atom stereocenters. The van der Waals surface area contributed by atoms with Crippen LogP contribution in [0.4, 0.5) is 9.59 Å². The molecule has 0 radical (unpaired) electrons. The largest absolute Gasteiger partial charge is 0.444 e. The third-order valence-corrected chi connectivity index (χ3v) is 4.80. The van der Waals surface area contributed by atoms with Crippen molar-refractivity contribution in [3.05, 3.63) is 34.9 Å². The third-order valence-electron chi connectivity index (χ3n) is 4.55. The van der Waals surface area contributed by atoms with Crippen LogP contribution in [0.25, 0.3) is 0 Å². The lowest BCUT2D eigenvalue weighted by Crippen LogP contribution is -2.59. The molecule has 7 heteroatoms. The van der Waals surface area contributed by atoms with Gasteiger partial charge in [0.1, 0.15) is 18.2 Å². The summed E-state index contributed by atoms with van der Waals surface area (Å²) in [4.78, 5) is 26.1. The lowest BCUT2D eigenvalue weighted by Gasteiger charge is -2.35. The molecule has 1 saturated heterocycles. The minimum absolute atomic E-state index is 0.0426. The van der Waals surface area contributed by atoms with Crippen LogP contribution < -0.4 is 5.73 Å². The summed E-state index contributed by atoms with van der Waals surface area (Å²) in [5.41, 5.74) is 6.16. The number of amides is 3. The number of benzene rings is 1. The minimum Gasteiger partial charge on any atom is -0.444 e. The van der Waals surface area contributed by atoms with Gasteiger partial charge in [0.05, 0.1) is 13.6 Å². The number of primary amides is 1. The van der Waals surface area contributed by atoms with Gasteiger partial charge in [-0.25, -0.2) is 14.1 Å². The number of rotatable bonds is 3. The summed E-state index contributed by atoms with van der Waals surface area (Å²) in [5, 5.41) is 0.647. The van der Waals surface area contributed by atoms with Crippen molar-refractivity contribution < 1.29 is 18.8 Å². The second-order valence-electron chi connectivity index (χ2n) is 7.76. The molecule has 0 bridgehead atoms. The highest BCUT2D eigenvalue weighted by Crippen LogP contribution is 2.26. The molecule has 1 aromatic rings. The van der Waals surface area contributed by atoms with Crippen molar-refractivity contribution >= 4 is 23.7 Å². The Hall–Kier alpha value is -1.79. The fourth-order valence-electron chi connectivity index (χ4n) is 3.06. The number of quaternary nitrogens is 1. The van der Waals surface area contributed by atoms with Gasteiger partial charge in [0, 0.05) is 23.6 Å². The van der Waals surface area contributed by atoms with Gasteiger partial charge < -0.3 is 15.4 Å². The molecule has 1 fully saturated rings. The van der Waals surface area contributed by atoms with Gasteiger partial charge in [-0.2, -0.15) is 0 Å². The van der Waals surface area contributed by atoms with Crippen LogP contribution in [0.3, 0.4) is 0 Å². The number of nitrogens with zero attached hydrogens (tertiary/aromatic N) is 2. The monoisotopic (exact) mass is 368 g/mol. The molecule has 3 amide bonds. The highest BCUT2D eigenvalue weighted by Gasteiger charge is 2.44. The summed E-state index contributed by atoms with van der Waals surface area (Å²) >= 11 is 5.92. The highest BCUT2D eigenvalue weighted by molar-refractivity contribution is 6.30. The molecule has 138 valence electrons. The second kappa shape index (κ2) is 7.22. The van der Waals surface area contributed by atoms with E-state index in [1.165, 1.54) is 0 Å². The predicted molar refractivity (Wildman–Crippen MR) is 97.1 cm³/mol. The molecule has 2 N–H and O–H groups in total. The smallest absolute Gasteiger partial charge is 0.414 e. The first-order valence-electron chi connectivity index (χ1n) is 8.39. The first-order chi connectivity index (χ1) is 11.5. The van der Waals surface area contributed by atoms with Crippen molar-refractivity contribution in [1.82, 2.24) is 4.90 Å². The molecule has 1 heterocycles. The molecular weight excluding hydrogens is 342 g/mol. The van der Waals surface area contributed by atoms with Gasteiger partial charge >= 0.3 is 12.1 Å². The van der Waals surface area contributed by atoms with Crippen LogP contribution in [0, 0.1) is 0 Å². The first kappa shape index (κ1) is 19.5. The van der Waals surface area contributed by atoms with Gasteiger partial charge in [0.2, 0.25) is 0 Å². The van der Waals surface area contributed by atoms with Crippen LogP contribution in [0.15, 0.2) is 24.3 Å². The summed E-state index contributed by atoms with van der Waals surface area (Å²) in [6, 6.07) is 6.89. The Morgan fingerprint density at radius 1 is 1.32 bits per heavy atom. The topological polar surface area (TPSA) is 72.6 Å². The SMILES string of the molecule is CC(C)(C)OC(=O)N1CCC([N+](C)(Cc2ccc(Cl)cc2)C(N)=O)C1. The number of carbonyl (C=O) groups is 2. The van der Waals surface area contributed by atoms with Crippen molar-refractivity contribution in [2.45, 2.75) is 45.4 Å². The lowest BCUT2D eigenvalue weighted by atomic mass is 10.1. The number of urea groups is 1. The minimum atomic E-state index is -0.541. The van der Waals surface area contributed by atoms with E-state index < -0.39 is 11.6 Å². The average molecular weight is 369 g/mol. The summed E-state index contributed by atoms with van der Waals surface area (Å²) in [7, 11) is 1.82. The van der Waals surface area contributed by atoms with E-state index in [4.69, 9.17) is 22.1 Å². The number of hydrogen-bond donors (Lipinski definition) is 1. The van der Waals surface area contributed by atoms with Crippen LogP contribution in [0.5, 0.6) is 0 Å². The standard InChI is InChI=1S/C18H26ClN3O3/c1-18(2,3)25-17(24)21-10-9-15(11-21)22(4,16(20)23)12-13-5-7-14(19)8-6-13/h5-8,15H,9-12H2,1-4H3,(H-,20,23)/p+1. The van der Waals surface area contributed by atoms with E-state index in [2.05, 4.69) is 0 Å². The summed E-state index contributed by atoms with van der Waals surface area (Å²) < 4.78 is 5.47. The fourth-order valence-corrected chi connectivity index (χ4v) is 3.18. The number of ether oxygens (including phenoxy) is 1. The number of carbonyl (C=O) groups excluding carboxylic acids is 2. The van der Waals surface area contributed by atoms with E-state index in [0.29, 0.717) is 31.1 Å². The Morgan fingerprint density at radius 3 is 2.44 bits per heavy atom. The molecule has 2 atom stereocenters. The molecule has 6 nitrogen and oxygen atoms in total. The van der Waals surface area contributed by atoms with Gasteiger partial charge in [0.15, 0.2) is 0 Å². The maximum atomic E-state index is 12.3. The summed E-state index contributed by atoms with van der Waals surface area (Å²) in [5.74, 6) is 0. The molecular formula is C18H27ClN3O3+.